The normalized spacial score (nSPS) is 13.6. The average Bonchev–Trinajstić information content (AvgIpc) is 2.15. The van der Waals surface area contributed by atoms with Crippen LogP contribution in [0.4, 0.5) is 0 Å². The quantitative estimate of drug-likeness (QED) is 0.628. The molecular formula is C6H9ClN2. The number of halogens is 1. The van der Waals surface area contributed by atoms with Crippen LogP contribution in [0.25, 0.3) is 0 Å². The van der Waals surface area contributed by atoms with Crippen LogP contribution >= 0.6 is 11.6 Å². The molecule has 1 N–H and O–H groups in total. The first kappa shape index (κ1) is 6.62. The van der Waals surface area contributed by atoms with Crippen molar-refractivity contribution in [3.63, 3.8) is 0 Å². The van der Waals surface area contributed by atoms with Crippen LogP contribution in [-0.4, -0.2) is 15.3 Å². The molecule has 0 bridgehead atoms. The molecule has 1 rings (SSSR count). The molecule has 0 unspecified atom stereocenters. The van der Waals surface area contributed by atoms with Gasteiger partial charge in [0.15, 0.2) is 0 Å². The lowest BCUT2D eigenvalue weighted by atomic mass is 10.3. The topological polar surface area (TPSA) is 28.7 Å². The zero-order chi connectivity index (χ0) is 6.69. The van der Waals surface area contributed by atoms with E-state index in [9.17, 15) is 0 Å². The maximum absolute atomic E-state index is 5.72. The second-order valence-corrected chi connectivity index (χ2v) is 2.81. The highest BCUT2D eigenvalue weighted by Gasteiger charge is 1.98. The van der Waals surface area contributed by atoms with Crippen LogP contribution in [0.5, 0.6) is 0 Å². The van der Waals surface area contributed by atoms with Crippen molar-refractivity contribution in [3.05, 3.63) is 18.2 Å². The molecule has 0 aliphatic carbocycles. The first-order valence-electron chi connectivity index (χ1n) is 2.90. The number of rotatable bonds is 2. The van der Waals surface area contributed by atoms with Gasteiger partial charge in [0.2, 0.25) is 0 Å². The Morgan fingerprint density at radius 2 is 2.67 bits per heavy atom. The Labute approximate surface area is 59.3 Å². The van der Waals surface area contributed by atoms with Crippen molar-refractivity contribution in [1.29, 1.82) is 0 Å². The van der Waals surface area contributed by atoms with Gasteiger partial charge in [0.1, 0.15) is 0 Å². The number of imidazole rings is 1. The number of alkyl halides is 1. The van der Waals surface area contributed by atoms with Crippen LogP contribution in [-0.2, 0) is 6.42 Å². The molecule has 1 heterocycles. The summed E-state index contributed by atoms with van der Waals surface area (Å²) in [4.78, 5) is 6.83. The van der Waals surface area contributed by atoms with Gasteiger partial charge in [-0.2, -0.15) is 0 Å². The summed E-state index contributed by atoms with van der Waals surface area (Å²) in [5.41, 5.74) is 1.09. The molecule has 3 heteroatoms. The molecule has 0 spiro atoms. The van der Waals surface area contributed by atoms with Crippen molar-refractivity contribution in [2.24, 2.45) is 0 Å². The predicted octanol–water partition coefficient (Wildman–Crippen LogP) is 1.58. The van der Waals surface area contributed by atoms with Crippen LogP contribution < -0.4 is 0 Å². The van der Waals surface area contributed by atoms with Crippen LogP contribution in [0.2, 0.25) is 0 Å². The fourth-order valence-corrected chi connectivity index (χ4v) is 0.866. The van der Waals surface area contributed by atoms with E-state index in [0.717, 1.165) is 12.1 Å². The number of nitrogens with zero attached hydrogens (tertiary/aromatic N) is 1. The molecule has 0 saturated heterocycles. The number of aromatic amines is 1. The van der Waals surface area contributed by atoms with Crippen LogP contribution in [0.3, 0.4) is 0 Å². The summed E-state index contributed by atoms with van der Waals surface area (Å²) in [6.07, 6.45) is 4.31. The summed E-state index contributed by atoms with van der Waals surface area (Å²) in [5, 5.41) is 0.186. The number of hydrogen-bond acceptors (Lipinski definition) is 1. The second kappa shape index (κ2) is 2.87. The minimum Gasteiger partial charge on any atom is -0.348 e. The Balaban J connectivity index is 2.48. The molecule has 0 radical (unpaired) electrons. The third-order valence-electron chi connectivity index (χ3n) is 1.06. The third kappa shape index (κ3) is 2.06. The monoisotopic (exact) mass is 144 g/mol. The van der Waals surface area contributed by atoms with Gasteiger partial charge in [-0.05, 0) is 6.92 Å². The first-order valence-corrected chi connectivity index (χ1v) is 3.34. The lowest BCUT2D eigenvalue weighted by Gasteiger charge is -1.96. The van der Waals surface area contributed by atoms with E-state index in [2.05, 4.69) is 9.97 Å². The highest BCUT2D eigenvalue weighted by Crippen LogP contribution is 2.02. The molecule has 50 valence electrons. The largest absolute Gasteiger partial charge is 0.348 e. The summed E-state index contributed by atoms with van der Waals surface area (Å²) in [5.74, 6) is 0. The summed E-state index contributed by atoms with van der Waals surface area (Å²) >= 11 is 5.72. The highest BCUT2D eigenvalue weighted by atomic mass is 35.5. The van der Waals surface area contributed by atoms with E-state index in [0.29, 0.717) is 0 Å². The lowest BCUT2D eigenvalue weighted by Crippen LogP contribution is -1.96. The summed E-state index contributed by atoms with van der Waals surface area (Å²) < 4.78 is 0. The van der Waals surface area contributed by atoms with Gasteiger partial charge < -0.3 is 4.98 Å². The molecule has 0 aromatic carbocycles. The van der Waals surface area contributed by atoms with Crippen molar-refractivity contribution in [2.45, 2.75) is 18.7 Å². The van der Waals surface area contributed by atoms with E-state index in [-0.39, 0.29) is 5.38 Å². The Bertz CT molecular complexity index is 158. The van der Waals surface area contributed by atoms with Gasteiger partial charge in [0, 0.05) is 23.7 Å². The average molecular weight is 145 g/mol. The Hall–Kier alpha value is -0.500. The van der Waals surface area contributed by atoms with Gasteiger partial charge in [-0.1, -0.05) is 0 Å². The number of nitrogens with one attached hydrogen (secondary N) is 1. The first-order chi connectivity index (χ1) is 4.29. The molecule has 0 fully saturated rings. The molecule has 1 aromatic rings. The van der Waals surface area contributed by atoms with Crippen molar-refractivity contribution >= 4 is 11.6 Å². The maximum atomic E-state index is 5.72. The number of hydrogen-bond donors (Lipinski definition) is 1. The molecule has 0 aliphatic rings. The number of aromatic nitrogens is 2. The molecule has 0 saturated carbocycles. The Kier molecular flexibility index (Phi) is 2.11. The molecule has 9 heavy (non-hydrogen) atoms. The van der Waals surface area contributed by atoms with Gasteiger partial charge >= 0.3 is 0 Å². The third-order valence-corrected chi connectivity index (χ3v) is 1.21. The van der Waals surface area contributed by atoms with E-state index in [1.165, 1.54) is 0 Å². The van der Waals surface area contributed by atoms with Crippen LogP contribution in [0, 0.1) is 0 Å². The van der Waals surface area contributed by atoms with Gasteiger partial charge in [-0.3, -0.25) is 0 Å². The van der Waals surface area contributed by atoms with Gasteiger partial charge in [-0.25, -0.2) is 4.98 Å². The molecular weight excluding hydrogens is 136 g/mol. The molecule has 1 atom stereocenters. The fraction of sp³-hybridized carbons (Fsp3) is 0.500. The summed E-state index contributed by atoms with van der Waals surface area (Å²) in [6, 6.07) is 0. The van der Waals surface area contributed by atoms with Crippen molar-refractivity contribution in [3.8, 4) is 0 Å². The minimum absolute atomic E-state index is 0.186. The van der Waals surface area contributed by atoms with Gasteiger partial charge in [0.05, 0.1) is 6.33 Å². The lowest BCUT2D eigenvalue weighted by molar-refractivity contribution is 0.901. The summed E-state index contributed by atoms with van der Waals surface area (Å²) in [6.45, 7) is 1.96. The molecule has 0 aliphatic heterocycles. The Morgan fingerprint density at radius 3 is 3.11 bits per heavy atom. The van der Waals surface area contributed by atoms with Crippen molar-refractivity contribution in [1.82, 2.24) is 9.97 Å². The standard InChI is InChI=1S/C6H9ClN2/c1-5(7)2-6-3-8-4-9-6/h3-5H,2H2,1H3,(H,8,9)/t5-/m1/s1. The van der Waals surface area contributed by atoms with Crippen LogP contribution in [0.1, 0.15) is 12.6 Å². The Morgan fingerprint density at radius 1 is 1.89 bits per heavy atom. The predicted molar refractivity (Wildman–Crippen MR) is 37.6 cm³/mol. The fourth-order valence-electron chi connectivity index (χ4n) is 0.699. The second-order valence-electron chi connectivity index (χ2n) is 2.06. The van der Waals surface area contributed by atoms with E-state index in [4.69, 9.17) is 11.6 Å². The minimum atomic E-state index is 0.186. The zero-order valence-corrected chi connectivity index (χ0v) is 6.02. The molecule has 1 aromatic heterocycles. The smallest absolute Gasteiger partial charge is 0.0921 e. The SMILES string of the molecule is C[C@@H](Cl)Cc1cnc[nH]1. The van der Waals surface area contributed by atoms with Gasteiger partial charge in [0.25, 0.3) is 0 Å². The van der Waals surface area contributed by atoms with Crippen LogP contribution in [0.15, 0.2) is 12.5 Å². The van der Waals surface area contributed by atoms with E-state index in [1.54, 1.807) is 12.5 Å². The van der Waals surface area contributed by atoms with E-state index < -0.39 is 0 Å². The molecule has 0 amide bonds. The van der Waals surface area contributed by atoms with Crippen molar-refractivity contribution < 1.29 is 0 Å². The molecule has 2 nitrogen and oxygen atoms in total. The summed E-state index contributed by atoms with van der Waals surface area (Å²) in [7, 11) is 0. The number of H-pyrrole nitrogens is 1. The van der Waals surface area contributed by atoms with Crippen molar-refractivity contribution in [2.75, 3.05) is 0 Å². The van der Waals surface area contributed by atoms with Gasteiger partial charge in [-0.15, -0.1) is 11.6 Å². The van der Waals surface area contributed by atoms with E-state index >= 15 is 0 Å². The van der Waals surface area contributed by atoms with E-state index in [1.807, 2.05) is 6.92 Å². The highest BCUT2D eigenvalue weighted by molar-refractivity contribution is 6.20. The zero-order valence-electron chi connectivity index (χ0n) is 5.26. The maximum Gasteiger partial charge on any atom is 0.0921 e.